The fourth-order valence-electron chi connectivity index (χ4n) is 3.61. The van der Waals surface area contributed by atoms with E-state index in [1.54, 1.807) is 23.1 Å². The summed E-state index contributed by atoms with van der Waals surface area (Å²) in [7, 11) is 0. The van der Waals surface area contributed by atoms with Crippen LogP contribution < -0.4 is 5.73 Å². The summed E-state index contributed by atoms with van der Waals surface area (Å²) in [5.41, 5.74) is 8.62. The van der Waals surface area contributed by atoms with Gasteiger partial charge in [-0.05, 0) is 29.0 Å². The Morgan fingerprint density at radius 3 is 2.21 bits per heavy atom. The smallest absolute Gasteiger partial charge is 0.182 e. The number of ketones is 1. The lowest BCUT2D eigenvalue weighted by molar-refractivity contribution is 0.0962. The first-order valence-corrected chi connectivity index (χ1v) is 9.79. The Morgan fingerprint density at radius 1 is 1.14 bits per heavy atom. The molecule has 0 spiro atoms. The van der Waals surface area contributed by atoms with Crippen LogP contribution in [0.1, 0.15) is 74.3 Å². The number of carbonyl (C=O) groups excluding carboxylic acids is 1. The largest absolute Gasteiger partial charge is 0.507 e. The SMILES string of the molecule is CC(C)(C)c1cc(C(=O)CN2Cc3ccc(N)nc3C2=N)cc(C(C)(C)C)c1O. The molecule has 0 radical (unpaired) electrons. The fraction of sp³-hybridized carbons (Fsp3) is 0.435. The van der Waals surface area contributed by atoms with Crippen molar-refractivity contribution in [2.75, 3.05) is 12.3 Å². The molecule has 6 heteroatoms. The molecule has 1 aliphatic heterocycles. The number of carbonyl (C=O) groups is 1. The summed E-state index contributed by atoms with van der Waals surface area (Å²) in [6.07, 6.45) is 0. The Labute approximate surface area is 172 Å². The number of nitrogens with two attached hydrogens (primary N) is 1. The molecule has 4 N–H and O–H groups in total. The normalized spacial score (nSPS) is 14.3. The topological polar surface area (TPSA) is 103 Å². The highest BCUT2D eigenvalue weighted by Crippen LogP contribution is 2.40. The number of amidine groups is 1. The summed E-state index contributed by atoms with van der Waals surface area (Å²) in [6.45, 7) is 12.7. The van der Waals surface area contributed by atoms with Crippen LogP contribution in [0.5, 0.6) is 5.75 Å². The van der Waals surface area contributed by atoms with Crippen LogP contribution in [0.4, 0.5) is 5.82 Å². The summed E-state index contributed by atoms with van der Waals surface area (Å²) in [4.78, 5) is 19.1. The second-order valence-corrected chi connectivity index (χ2v) is 9.79. The molecule has 0 atom stereocenters. The lowest BCUT2D eigenvalue weighted by Gasteiger charge is -2.28. The van der Waals surface area contributed by atoms with Gasteiger partial charge in [-0.25, -0.2) is 4.98 Å². The van der Waals surface area contributed by atoms with E-state index in [9.17, 15) is 9.90 Å². The number of fused-ring (bicyclic) bond motifs is 1. The van der Waals surface area contributed by atoms with Crippen molar-refractivity contribution < 1.29 is 9.90 Å². The zero-order valence-electron chi connectivity index (χ0n) is 18.1. The van der Waals surface area contributed by atoms with Gasteiger partial charge in [-0.3, -0.25) is 10.2 Å². The number of hydrogen-bond acceptors (Lipinski definition) is 5. The highest BCUT2D eigenvalue weighted by atomic mass is 16.3. The van der Waals surface area contributed by atoms with Gasteiger partial charge in [-0.1, -0.05) is 47.6 Å². The van der Waals surface area contributed by atoms with Crippen LogP contribution in [0.25, 0.3) is 0 Å². The van der Waals surface area contributed by atoms with Crippen molar-refractivity contribution in [1.29, 1.82) is 5.41 Å². The predicted molar refractivity (Wildman–Crippen MR) is 116 cm³/mol. The molecule has 1 aromatic carbocycles. The van der Waals surface area contributed by atoms with Crippen LogP contribution in [-0.4, -0.2) is 33.2 Å². The van der Waals surface area contributed by atoms with Gasteiger partial charge in [0.2, 0.25) is 0 Å². The van der Waals surface area contributed by atoms with E-state index in [1.165, 1.54) is 0 Å². The molecule has 0 unspecified atom stereocenters. The van der Waals surface area contributed by atoms with Gasteiger partial charge in [-0.2, -0.15) is 0 Å². The third kappa shape index (κ3) is 3.97. The van der Waals surface area contributed by atoms with Crippen molar-refractivity contribution in [3.63, 3.8) is 0 Å². The molecule has 1 aromatic heterocycles. The summed E-state index contributed by atoms with van der Waals surface area (Å²) in [5.74, 6) is 0.741. The Balaban J connectivity index is 1.95. The molecule has 2 heterocycles. The molecule has 29 heavy (non-hydrogen) atoms. The minimum Gasteiger partial charge on any atom is -0.507 e. The van der Waals surface area contributed by atoms with Crippen molar-refractivity contribution in [2.45, 2.75) is 58.9 Å². The average Bonchev–Trinajstić information content (AvgIpc) is 2.88. The number of Topliss-reactive ketones (excluding diaryl/α,β-unsaturated/α-hetero) is 1. The van der Waals surface area contributed by atoms with Crippen molar-refractivity contribution in [3.05, 3.63) is 52.2 Å². The zero-order chi connectivity index (χ0) is 21.7. The lowest BCUT2D eigenvalue weighted by atomic mass is 9.78. The molecule has 0 amide bonds. The van der Waals surface area contributed by atoms with Gasteiger partial charge in [0, 0.05) is 28.8 Å². The highest BCUT2D eigenvalue weighted by molar-refractivity contribution is 6.04. The van der Waals surface area contributed by atoms with Gasteiger partial charge in [0.05, 0.1) is 6.54 Å². The van der Waals surface area contributed by atoms with Crippen molar-refractivity contribution in [2.24, 2.45) is 0 Å². The number of phenolic OH excluding ortho intramolecular Hbond substituents is 1. The number of nitrogens with zero attached hydrogens (tertiary/aromatic N) is 2. The number of phenols is 1. The van der Waals surface area contributed by atoms with Crippen LogP contribution in [-0.2, 0) is 17.4 Å². The van der Waals surface area contributed by atoms with Gasteiger partial charge in [-0.15, -0.1) is 0 Å². The second kappa shape index (κ2) is 6.87. The van der Waals surface area contributed by atoms with Gasteiger partial charge in [0.15, 0.2) is 5.78 Å². The maximum absolute atomic E-state index is 13.2. The van der Waals surface area contributed by atoms with E-state index in [1.807, 2.05) is 47.6 Å². The van der Waals surface area contributed by atoms with Crippen LogP contribution in [0, 0.1) is 5.41 Å². The second-order valence-electron chi connectivity index (χ2n) is 9.79. The number of rotatable bonds is 3. The number of anilines is 1. The number of pyridine rings is 1. The average molecular weight is 395 g/mol. The number of hydrogen-bond donors (Lipinski definition) is 3. The van der Waals surface area contributed by atoms with Crippen LogP contribution in [0.15, 0.2) is 24.3 Å². The standard InChI is InChI=1S/C23H30N4O2/c1-22(2,3)15-9-14(10-16(20(15)29)23(4,5)6)17(28)12-27-11-13-7-8-18(24)26-19(13)21(27)25/h7-10,25,29H,11-12H2,1-6H3,(H2,24,26). The summed E-state index contributed by atoms with van der Waals surface area (Å²) >= 11 is 0. The maximum Gasteiger partial charge on any atom is 0.182 e. The Hall–Kier alpha value is -2.89. The first-order valence-electron chi connectivity index (χ1n) is 9.79. The van der Waals surface area contributed by atoms with E-state index in [4.69, 9.17) is 11.1 Å². The van der Waals surface area contributed by atoms with Gasteiger partial charge < -0.3 is 15.7 Å². The molecular weight excluding hydrogens is 364 g/mol. The minimum atomic E-state index is -0.307. The Morgan fingerprint density at radius 2 is 1.69 bits per heavy atom. The van der Waals surface area contributed by atoms with E-state index in [2.05, 4.69) is 4.98 Å². The number of aromatic hydroxyl groups is 1. The predicted octanol–water partition coefficient (Wildman–Crippen LogP) is 3.99. The molecule has 0 bridgehead atoms. The van der Waals surface area contributed by atoms with E-state index >= 15 is 0 Å². The van der Waals surface area contributed by atoms with Gasteiger partial charge in [0.1, 0.15) is 23.1 Å². The summed E-state index contributed by atoms with van der Waals surface area (Å²) in [5, 5.41) is 19.2. The van der Waals surface area contributed by atoms with Crippen LogP contribution >= 0.6 is 0 Å². The molecule has 0 saturated carbocycles. The molecule has 0 fully saturated rings. The molecule has 3 rings (SSSR count). The van der Waals surface area contributed by atoms with Crippen LogP contribution in [0.3, 0.4) is 0 Å². The minimum absolute atomic E-state index is 0.0764. The van der Waals surface area contributed by atoms with Crippen molar-refractivity contribution >= 4 is 17.4 Å². The quantitative estimate of drug-likeness (QED) is 0.683. The molecule has 0 aliphatic carbocycles. The Kier molecular flexibility index (Phi) is 4.93. The molecule has 1 aliphatic rings. The number of nitrogen functional groups attached to an aromatic ring is 1. The van der Waals surface area contributed by atoms with Crippen molar-refractivity contribution in [1.82, 2.24) is 9.88 Å². The molecule has 6 nitrogen and oxygen atoms in total. The van der Waals surface area contributed by atoms with Gasteiger partial charge >= 0.3 is 0 Å². The summed E-state index contributed by atoms with van der Waals surface area (Å²) in [6, 6.07) is 7.14. The monoisotopic (exact) mass is 394 g/mol. The molecular formula is C23H30N4O2. The number of aromatic nitrogens is 1. The number of benzene rings is 1. The molecule has 0 saturated heterocycles. The lowest BCUT2D eigenvalue weighted by Crippen LogP contribution is -2.31. The summed E-state index contributed by atoms with van der Waals surface area (Å²) < 4.78 is 0. The first-order chi connectivity index (χ1) is 13.3. The van der Waals surface area contributed by atoms with E-state index in [0.717, 1.165) is 16.7 Å². The van der Waals surface area contributed by atoms with E-state index < -0.39 is 0 Å². The molecule has 2 aromatic rings. The molecule has 154 valence electrons. The van der Waals surface area contributed by atoms with Crippen molar-refractivity contribution in [3.8, 4) is 5.75 Å². The van der Waals surface area contributed by atoms with E-state index in [0.29, 0.717) is 23.6 Å². The third-order valence-electron chi connectivity index (χ3n) is 5.28. The van der Waals surface area contributed by atoms with Gasteiger partial charge in [0.25, 0.3) is 0 Å². The first kappa shape index (κ1) is 20.8. The highest BCUT2D eigenvalue weighted by Gasteiger charge is 2.30. The van der Waals surface area contributed by atoms with Crippen LogP contribution in [0.2, 0.25) is 0 Å². The maximum atomic E-state index is 13.2. The fourth-order valence-corrected chi connectivity index (χ4v) is 3.61. The number of nitrogens with one attached hydrogen (secondary N) is 1. The third-order valence-corrected chi connectivity index (χ3v) is 5.28. The zero-order valence-corrected chi connectivity index (χ0v) is 18.1. The Bertz CT molecular complexity index is 962. The van der Waals surface area contributed by atoms with E-state index in [-0.39, 0.29) is 34.7 Å².